The fourth-order valence-electron chi connectivity index (χ4n) is 4.03. The van der Waals surface area contributed by atoms with Crippen LogP contribution in [0.1, 0.15) is 52.4 Å². The van der Waals surface area contributed by atoms with Crippen LogP contribution >= 0.6 is 0 Å². The van der Waals surface area contributed by atoms with E-state index in [0.29, 0.717) is 18.7 Å². The number of ether oxygens (including phenoxy) is 1. The zero-order chi connectivity index (χ0) is 25.8. The fourth-order valence-corrected chi connectivity index (χ4v) is 4.03. The maximum absolute atomic E-state index is 12.6. The van der Waals surface area contributed by atoms with Crippen LogP contribution in [0.15, 0.2) is 42.5 Å². The maximum atomic E-state index is 12.6. The lowest BCUT2D eigenvalue weighted by atomic mass is 9.95. The Morgan fingerprint density at radius 1 is 1.11 bits per heavy atom. The largest absolute Gasteiger partial charge is 0.496 e. The zero-order valence-corrected chi connectivity index (χ0v) is 21.3. The topological polar surface area (TPSA) is 53.0 Å². The van der Waals surface area contributed by atoms with Gasteiger partial charge in [-0.05, 0) is 55.2 Å². The molecule has 0 spiro atoms. The Hall–Kier alpha value is -2.77. The number of aromatic carboxylic acids is 1. The Kier molecular flexibility index (Phi) is 11.9. The number of allylic oxidation sites excluding steroid dienone is 1. The second-order valence-electron chi connectivity index (χ2n) is 8.74. The SMILES string of the molecule is CCC/C=C\c1c(C)c(C)cc(OC)c1CN1CCN(CC(F)F)CC1.O=C(O)c1ccccc1. The molecule has 1 heterocycles. The molecule has 7 heteroatoms. The van der Waals surface area contributed by atoms with Crippen molar-refractivity contribution in [1.29, 1.82) is 0 Å². The molecular weight excluding hydrogens is 450 g/mol. The number of halogens is 2. The molecule has 0 aliphatic carbocycles. The van der Waals surface area contributed by atoms with Crippen molar-refractivity contribution in [3.8, 4) is 5.75 Å². The molecule has 2 aromatic rings. The van der Waals surface area contributed by atoms with Crippen LogP contribution in [0.2, 0.25) is 0 Å². The van der Waals surface area contributed by atoms with Gasteiger partial charge < -0.3 is 9.84 Å². The van der Waals surface area contributed by atoms with Crippen LogP contribution in [-0.4, -0.2) is 67.1 Å². The van der Waals surface area contributed by atoms with Crippen LogP contribution in [0.3, 0.4) is 0 Å². The molecule has 1 saturated heterocycles. The van der Waals surface area contributed by atoms with Crippen molar-refractivity contribution in [3.05, 3.63) is 70.3 Å². The Balaban J connectivity index is 0.000000402. The van der Waals surface area contributed by atoms with Gasteiger partial charge in [0, 0.05) is 38.3 Å². The van der Waals surface area contributed by atoms with Crippen molar-refractivity contribution in [1.82, 2.24) is 9.80 Å². The summed E-state index contributed by atoms with van der Waals surface area (Å²) in [4.78, 5) is 14.4. The number of unbranched alkanes of at least 4 members (excludes halogenated alkanes) is 1. The van der Waals surface area contributed by atoms with Crippen molar-refractivity contribution < 1.29 is 23.4 Å². The quantitative estimate of drug-likeness (QED) is 0.477. The van der Waals surface area contributed by atoms with Crippen LogP contribution in [0, 0.1) is 13.8 Å². The lowest BCUT2D eigenvalue weighted by Crippen LogP contribution is -2.47. The number of aryl methyl sites for hydroxylation is 1. The number of nitrogens with zero attached hydrogens (tertiary/aromatic N) is 2. The summed E-state index contributed by atoms with van der Waals surface area (Å²) in [6, 6.07) is 10.4. The van der Waals surface area contributed by atoms with Crippen molar-refractivity contribution in [2.24, 2.45) is 0 Å². The molecule has 0 atom stereocenters. The van der Waals surface area contributed by atoms with E-state index in [2.05, 4.69) is 43.9 Å². The van der Waals surface area contributed by atoms with Gasteiger partial charge in [0.2, 0.25) is 0 Å². The number of carboxylic acids is 1. The van der Waals surface area contributed by atoms with Crippen LogP contribution in [0.25, 0.3) is 6.08 Å². The van der Waals surface area contributed by atoms with E-state index in [1.807, 2.05) is 4.90 Å². The first-order valence-corrected chi connectivity index (χ1v) is 12.1. The first-order chi connectivity index (χ1) is 16.8. The van der Waals surface area contributed by atoms with Crippen LogP contribution < -0.4 is 4.74 Å². The molecule has 192 valence electrons. The van der Waals surface area contributed by atoms with Gasteiger partial charge in [-0.25, -0.2) is 13.6 Å². The van der Waals surface area contributed by atoms with Crippen LogP contribution in [0.5, 0.6) is 5.75 Å². The molecule has 0 aromatic heterocycles. The molecule has 0 unspecified atom stereocenters. The molecule has 5 nitrogen and oxygen atoms in total. The molecule has 0 saturated carbocycles. The Morgan fingerprint density at radius 2 is 1.74 bits per heavy atom. The predicted molar refractivity (Wildman–Crippen MR) is 138 cm³/mol. The summed E-state index contributed by atoms with van der Waals surface area (Å²) in [5.74, 6) is 0.0369. The highest BCUT2D eigenvalue weighted by molar-refractivity contribution is 5.87. The lowest BCUT2D eigenvalue weighted by Gasteiger charge is -2.35. The molecule has 0 amide bonds. The molecule has 35 heavy (non-hydrogen) atoms. The molecule has 1 aliphatic heterocycles. The van der Waals surface area contributed by atoms with E-state index >= 15 is 0 Å². The number of hydrogen-bond donors (Lipinski definition) is 1. The monoisotopic (exact) mass is 488 g/mol. The predicted octanol–water partition coefficient (Wildman–Crippen LogP) is 5.89. The molecule has 1 fully saturated rings. The van der Waals surface area contributed by atoms with Crippen molar-refractivity contribution >= 4 is 12.0 Å². The average Bonchev–Trinajstić information content (AvgIpc) is 2.85. The van der Waals surface area contributed by atoms with E-state index < -0.39 is 12.4 Å². The Bertz CT molecular complexity index is 956. The summed E-state index contributed by atoms with van der Waals surface area (Å²) in [7, 11) is 1.72. The zero-order valence-electron chi connectivity index (χ0n) is 21.3. The van der Waals surface area contributed by atoms with Crippen LogP contribution in [0.4, 0.5) is 8.78 Å². The van der Waals surface area contributed by atoms with Crippen LogP contribution in [-0.2, 0) is 6.54 Å². The third kappa shape index (κ3) is 9.07. The highest BCUT2D eigenvalue weighted by atomic mass is 19.3. The number of hydrogen-bond acceptors (Lipinski definition) is 4. The van der Waals surface area contributed by atoms with E-state index in [4.69, 9.17) is 9.84 Å². The summed E-state index contributed by atoms with van der Waals surface area (Å²) in [6.45, 7) is 10.1. The van der Waals surface area contributed by atoms with Gasteiger partial charge in [-0.1, -0.05) is 43.7 Å². The van der Waals surface area contributed by atoms with E-state index in [9.17, 15) is 13.6 Å². The molecule has 1 aliphatic rings. The third-order valence-corrected chi connectivity index (χ3v) is 6.19. The maximum Gasteiger partial charge on any atom is 0.335 e. The van der Waals surface area contributed by atoms with Gasteiger partial charge in [-0.15, -0.1) is 0 Å². The van der Waals surface area contributed by atoms with Gasteiger partial charge in [-0.2, -0.15) is 0 Å². The first-order valence-electron chi connectivity index (χ1n) is 12.1. The lowest BCUT2D eigenvalue weighted by molar-refractivity contribution is 0.0541. The van der Waals surface area contributed by atoms with Crippen molar-refractivity contribution in [3.63, 3.8) is 0 Å². The highest BCUT2D eigenvalue weighted by Crippen LogP contribution is 2.31. The minimum atomic E-state index is -2.25. The molecule has 0 radical (unpaired) electrons. The second-order valence-corrected chi connectivity index (χ2v) is 8.74. The third-order valence-electron chi connectivity index (χ3n) is 6.19. The van der Waals surface area contributed by atoms with E-state index in [1.54, 1.807) is 37.4 Å². The number of carboxylic acid groups (broad SMARTS) is 1. The summed E-state index contributed by atoms with van der Waals surface area (Å²) in [5.41, 5.74) is 5.28. The average molecular weight is 489 g/mol. The minimum Gasteiger partial charge on any atom is -0.496 e. The summed E-state index contributed by atoms with van der Waals surface area (Å²) < 4.78 is 30.8. The van der Waals surface area contributed by atoms with Gasteiger partial charge >= 0.3 is 5.97 Å². The van der Waals surface area contributed by atoms with Gasteiger partial charge in [0.05, 0.1) is 19.2 Å². The number of benzene rings is 2. The van der Waals surface area contributed by atoms with E-state index in [-0.39, 0.29) is 6.54 Å². The fraction of sp³-hybridized carbons (Fsp3) is 0.464. The number of carbonyl (C=O) groups is 1. The minimum absolute atomic E-state index is 0.119. The van der Waals surface area contributed by atoms with Crippen molar-refractivity contribution in [2.75, 3.05) is 39.8 Å². The van der Waals surface area contributed by atoms with Gasteiger partial charge in [-0.3, -0.25) is 9.80 Å². The highest BCUT2D eigenvalue weighted by Gasteiger charge is 2.22. The number of rotatable bonds is 9. The normalized spacial score (nSPS) is 14.7. The van der Waals surface area contributed by atoms with Crippen molar-refractivity contribution in [2.45, 2.75) is 46.6 Å². The number of methoxy groups -OCH3 is 1. The first kappa shape index (κ1) is 28.5. The Morgan fingerprint density at radius 3 is 2.26 bits per heavy atom. The van der Waals surface area contributed by atoms with Gasteiger partial charge in [0.25, 0.3) is 6.43 Å². The smallest absolute Gasteiger partial charge is 0.335 e. The van der Waals surface area contributed by atoms with E-state index in [1.165, 1.54) is 22.3 Å². The molecule has 3 rings (SSSR count). The molecular formula is C28H38F2N2O3. The molecule has 1 N–H and O–H groups in total. The second kappa shape index (κ2) is 14.6. The number of piperazine rings is 1. The van der Waals surface area contributed by atoms with Gasteiger partial charge in [0.15, 0.2) is 0 Å². The summed E-state index contributed by atoms with van der Waals surface area (Å²) >= 11 is 0. The van der Waals surface area contributed by atoms with E-state index in [0.717, 1.165) is 38.2 Å². The standard InChI is InChI=1S/C21H32F2N2O.C7H6O2/c1-5-6-7-8-18-17(3)16(2)13-20(26-4)19(18)14-24-9-11-25(12-10-24)15-21(22)23;8-7(9)6-4-2-1-3-5-6/h7-8,13,21H,5-6,9-12,14-15H2,1-4H3;1-5H,(H,8,9)/b8-7-;. The summed E-state index contributed by atoms with van der Waals surface area (Å²) in [5, 5.41) is 8.38. The molecule has 0 bridgehead atoms. The van der Waals surface area contributed by atoms with Gasteiger partial charge in [0.1, 0.15) is 5.75 Å². The summed E-state index contributed by atoms with van der Waals surface area (Å²) in [6.07, 6.45) is 4.38. The number of alkyl halides is 2. The Labute approximate surface area is 208 Å². The molecule has 2 aromatic carbocycles.